The molecule has 2 rings (SSSR count). The van der Waals surface area contributed by atoms with E-state index in [-0.39, 0.29) is 13.2 Å². The van der Waals surface area contributed by atoms with Gasteiger partial charge >= 0.3 is 5.97 Å². The normalized spacial score (nSPS) is 10.6. The zero-order chi connectivity index (χ0) is 15.6. The van der Waals surface area contributed by atoms with E-state index in [0.29, 0.717) is 17.9 Å². The van der Waals surface area contributed by atoms with Crippen LogP contribution in [0.4, 0.5) is 0 Å². The maximum Gasteiger partial charge on any atom is 0.338 e. The van der Waals surface area contributed by atoms with Crippen molar-refractivity contribution in [3.05, 3.63) is 77.9 Å². The molecule has 0 saturated carbocycles. The molecule has 0 radical (unpaired) electrons. The van der Waals surface area contributed by atoms with Gasteiger partial charge in [-0.2, -0.15) is 0 Å². The highest BCUT2D eigenvalue weighted by Crippen LogP contribution is 2.15. The van der Waals surface area contributed by atoms with E-state index < -0.39 is 5.97 Å². The molecule has 1 N–H and O–H groups in total. The number of esters is 1. The summed E-state index contributed by atoms with van der Waals surface area (Å²) in [5.74, 6) is 0.290. The molecule has 4 nitrogen and oxygen atoms in total. The largest absolute Gasteiger partial charge is 0.489 e. The van der Waals surface area contributed by atoms with Crippen molar-refractivity contribution in [3.8, 4) is 5.75 Å². The van der Waals surface area contributed by atoms with E-state index in [2.05, 4.69) is 0 Å². The van der Waals surface area contributed by atoms with Crippen molar-refractivity contribution in [2.24, 2.45) is 0 Å². The number of aliphatic hydroxyl groups is 1. The first-order chi connectivity index (χ1) is 10.8. The molecule has 0 spiro atoms. The maximum absolute atomic E-state index is 11.7. The van der Waals surface area contributed by atoms with Gasteiger partial charge in [0.05, 0.1) is 12.2 Å². The van der Waals surface area contributed by atoms with Crippen LogP contribution in [0.25, 0.3) is 0 Å². The van der Waals surface area contributed by atoms with Crippen LogP contribution in [-0.4, -0.2) is 24.3 Å². The third-order valence-electron chi connectivity index (χ3n) is 2.92. The first kappa shape index (κ1) is 15.8. The van der Waals surface area contributed by atoms with Gasteiger partial charge in [0.2, 0.25) is 0 Å². The molecule has 0 aliphatic carbocycles. The van der Waals surface area contributed by atoms with E-state index in [4.69, 9.17) is 14.6 Å². The highest BCUT2D eigenvalue weighted by molar-refractivity contribution is 5.89. The van der Waals surface area contributed by atoms with E-state index in [0.717, 1.165) is 5.56 Å². The van der Waals surface area contributed by atoms with Crippen molar-refractivity contribution in [1.29, 1.82) is 0 Å². The minimum Gasteiger partial charge on any atom is -0.489 e. The summed E-state index contributed by atoms with van der Waals surface area (Å²) >= 11 is 0. The molecule has 0 bridgehead atoms. The highest BCUT2D eigenvalue weighted by atomic mass is 16.5. The Morgan fingerprint density at radius 3 is 2.41 bits per heavy atom. The number of carbonyl (C=O) groups is 1. The lowest BCUT2D eigenvalue weighted by Gasteiger charge is -2.07. The summed E-state index contributed by atoms with van der Waals surface area (Å²) in [5, 5.41) is 8.57. The third-order valence-corrected chi connectivity index (χ3v) is 2.92. The number of hydrogen-bond acceptors (Lipinski definition) is 4. The van der Waals surface area contributed by atoms with Crippen LogP contribution in [0, 0.1) is 0 Å². The molecule has 0 saturated heterocycles. The van der Waals surface area contributed by atoms with Gasteiger partial charge in [-0.1, -0.05) is 36.4 Å². The van der Waals surface area contributed by atoms with Crippen LogP contribution in [0.1, 0.15) is 15.9 Å². The zero-order valence-electron chi connectivity index (χ0n) is 12.1. The summed E-state index contributed by atoms with van der Waals surface area (Å²) in [7, 11) is 0. The third kappa shape index (κ3) is 5.07. The Hall–Kier alpha value is -2.59. The minimum atomic E-state index is -0.405. The number of carbonyl (C=O) groups excluding carboxylic acids is 1. The number of aliphatic hydroxyl groups excluding tert-OH is 1. The Morgan fingerprint density at radius 1 is 1.00 bits per heavy atom. The van der Waals surface area contributed by atoms with Crippen LogP contribution in [0.15, 0.2) is 66.7 Å². The van der Waals surface area contributed by atoms with Crippen molar-refractivity contribution in [3.63, 3.8) is 0 Å². The standard InChI is InChI=1S/C18H18O4/c19-12-4-5-13-21-18(20)16-8-10-17(11-9-16)22-14-15-6-2-1-3-7-15/h1-11,19H,12-14H2/b5-4+. The fourth-order valence-corrected chi connectivity index (χ4v) is 1.78. The van der Waals surface area contributed by atoms with Gasteiger partial charge in [0.1, 0.15) is 19.0 Å². The smallest absolute Gasteiger partial charge is 0.338 e. The molecule has 0 aliphatic rings. The van der Waals surface area contributed by atoms with Gasteiger partial charge < -0.3 is 14.6 Å². The van der Waals surface area contributed by atoms with Gasteiger partial charge in [-0.3, -0.25) is 0 Å². The van der Waals surface area contributed by atoms with Crippen LogP contribution in [0.2, 0.25) is 0 Å². The fraction of sp³-hybridized carbons (Fsp3) is 0.167. The summed E-state index contributed by atoms with van der Waals surface area (Å²) in [6, 6.07) is 16.7. The van der Waals surface area contributed by atoms with E-state index in [1.54, 1.807) is 30.3 Å². The minimum absolute atomic E-state index is 0.0645. The number of rotatable bonds is 7. The zero-order valence-corrected chi connectivity index (χ0v) is 12.1. The first-order valence-corrected chi connectivity index (χ1v) is 6.99. The molecule has 0 aliphatic heterocycles. The molecule has 2 aromatic carbocycles. The van der Waals surface area contributed by atoms with Crippen molar-refractivity contribution in [2.75, 3.05) is 13.2 Å². The Kier molecular flexibility index (Phi) is 6.20. The van der Waals surface area contributed by atoms with E-state index in [1.807, 2.05) is 30.3 Å². The highest BCUT2D eigenvalue weighted by Gasteiger charge is 2.06. The second kappa shape index (κ2) is 8.64. The van der Waals surface area contributed by atoms with Crippen LogP contribution in [0.5, 0.6) is 5.75 Å². The molecule has 0 unspecified atom stereocenters. The Bertz CT molecular complexity index is 603. The van der Waals surface area contributed by atoms with Gasteiger partial charge in [-0.05, 0) is 35.9 Å². The van der Waals surface area contributed by atoms with E-state index in [9.17, 15) is 4.79 Å². The van der Waals surface area contributed by atoms with Gasteiger partial charge in [-0.15, -0.1) is 0 Å². The van der Waals surface area contributed by atoms with Gasteiger partial charge in [0, 0.05) is 0 Å². The predicted molar refractivity (Wildman–Crippen MR) is 83.7 cm³/mol. The average Bonchev–Trinajstić information content (AvgIpc) is 2.58. The predicted octanol–water partition coefficient (Wildman–Crippen LogP) is 2.97. The molecular weight excluding hydrogens is 280 g/mol. The van der Waals surface area contributed by atoms with E-state index in [1.165, 1.54) is 6.08 Å². The summed E-state index contributed by atoms with van der Waals surface area (Å²) in [5.41, 5.74) is 1.55. The Labute approximate surface area is 129 Å². The second-order valence-electron chi connectivity index (χ2n) is 4.55. The van der Waals surface area contributed by atoms with Crippen LogP contribution in [0.3, 0.4) is 0 Å². The van der Waals surface area contributed by atoms with Crippen molar-refractivity contribution in [2.45, 2.75) is 6.61 Å². The summed E-state index contributed by atoms with van der Waals surface area (Å²) in [6.07, 6.45) is 3.11. The van der Waals surface area contributed by atoms with Crippen molar-refractivity contribution < 1.29 is 19.4 Å². The van der Waals surface area contributed by atoms with Crippen LogP contribution in [-0.2, 0) is 11.3 Å². The topological polar surface area (TPSA) is 55.8 Å². The molecule has 22 heavy (non-hydrogen) atoms. The Morgan fingerprint density at radius 2 is 1.73 bits per heavy atom. The maximum atomic E-state index is 11.7. The van der Waals surface area contributed by atoms with Crippen LogP contribution < -0.4 is 4.74 Å². The number of ether oxygens (including phenoxy) is 2. The molecular formula is C18H18O4. The summed E-state index contributed by atoms with van der Waals surface area (Å²) in [6.45, 7) is 0.563. The Balaban J connectivity index is 1.84. The van der Waals surface area contributed by atoms with Gasteiger partial charge in [0.15, 0.2) is 0 Å². The average molecular weight is 298 g/mol. The number of benzene rings is 2. The van der Waals surface area contributed by atoms with Crippen LogP contribution >= 0.6 is 0 Å². The molecule has 0 atom stereocenters. The lowest BCUT2D eigenvalue weighted by molar-refractivity contribution is 0.0549. The fourth-order valence-electron chi connectivity index (χ4n) is 1.78. The molecule has 114 valence electrons. The number of hydrogen-bond donors (Lipinski definition) is 1. The monoisotopic (exact) mass is 298 g/mol. The molecule has 0 amide bonds. The summed E-state index contributed by atoms with van der Waals surface area (Å²) < 4.78 is 10.7. The summed E-state index contributed by atoms with van der Waals surface area (Å²) in [4.78, 5) is 11.7. The molecule has 0 aromatic heterocycles. The quantitative estimate of drug-likeness (QED) is 0.630. The second-order valence-corrected chi connectivity index (χ2v) is 4.55. The molecule has 0 fully saturated rings. The van der Waals surface area contributed by atoms with Crippen molar-refractivity contribution in [1.82, 2.24) is 0 Å². The van der Waals surface area contributed by atoms with Gasteiger partial charge in [0.25, 0.3) is 0 Å². The van der Waals surface area contributed by atoms with Gasteiger partial charge in [-0.25, -0.2) is 4.79 Å². The SMILES string of the molecule is O=C(OC/C=C/CO)c1ccc(OCc2ccccc2)cc1. The van der Waals surface area contributed by atoms with Crippen molar-refractivity contribution >= 4 is 5.97 Å². The van der Waals surface area contributed by atoms with E-state index >= 15 is 0 Å². The lowest BCUT2D eigenvalue weighted by Crippen LogP contribution is -2.05. The lowest BCUT2D eigenvalue weighted by atomic mass is 10.2. The molecule has 0 heterocycles. The molecule has 2 aromatic rings. The first-order valence-electron chi connectivity index (χ1n) is 6.99. The molecule has 4 heteroatoms.